The molecule has 0 heterocycles. The summed E-state index contributed by atoms with van der Waals surface area (Å²) in [5.41, 5.74) is 0.0477. The van der Waals surface area contributed by atoms with E-state index in [-0.39, 0.29) is 11.4 Å². The molecule has 6 heteroatoms. The Bertz CT molecular complexity index is 604. The molecule has 18 heavy (non-hydrogen) atoms. The average Bonchev–Trinajstić information content (AvgIpc) is 2.28. The molecule has 0 bridgehead atoms. The highest BCUT2D eigenvalue weighted by Crippen LogP contribution is 2.37. The number of halogens is 1. The maximum Gasteiger partial charge on any atom is 0.283 e. The van der Waals surface area contributed by atoms with E-state index in [1.165, 1.54) is 17.8 Å². The molecule has 0 fully saturated rings. The van der Waals surface area contributed by atoms with E-state index in [0.29, 0.717) is 4.90 Å². The molecule has 0 saturated carbocycles. The fraction of sp³-hybridized carbons (Fsp3) is 0. The van der Waals surface area contributed by atoms with Crippen molar-refractivity contribution in [2.45, 2.75) is 9.79 Å². The van der Waals surface area contributed by atoms with E-state index < -0.39 is 4.92 Å². The number of benzene rings is 2. The number of phenolic OH excluding ortho intramolecular Hbond substituents is 1. The van der Waals surface area contributed by atoms with Gasteiger partial charge in [-0.25, -0.2) is 0 Å². The van der Waals surface area contributed by atoms with E-state index in [4.69, 9.17) is 0 Å². The van der Waals surface area contributed by atoms with Crippen molar-refractivity contribution in [3.05, 3.63) is 57.1 Å². The Kier molecular flexibility index (Phi) is 3.88. The van der Waals surface area contributed by atoms with Gasteiger partial charge in [0.2, 0.25) is 0 Å². The third-order valence-corrected chi connectivity index (χ3v) is 3.69. The van der Waals surface area contributed by atoms with Crippen LogP contribution < -0.4 is 0 Å². The third-order valence-electron chi connectivity index (χ3n) is 2.16. The molecule has 0 amide bonds. The molecule has 0 saturated heterocycles. The fourth-order valence-corrected chi connectivity index (χ4v) is 2.92. The molecule has 0 spiro atoms. The highest BCUT2D eigenvalue weighted by molar-refractivity contribution is 9.10. The summed E-state index contributed by atoms with van der Waals surface area (Å²) in [6.07, 6.45) is 0. The Hall–Kier alpha value is -1.53. The summed E-state index contributed by atoms with van der Waals surface area (Å²) < 4.78 is 0.774. The van der Waals surface area contributed by atoms with Crippen molar-refractivity contribution >= 4 is 33.4 Å². The van der Waals surface area contributed by atoms with Crippen LogP contribution in [0.1, 0.15) is 0 Å². The van der Waals surface area contributed by atoms with E-state index in [0.717, 1.165) is 9.37 Å². The quantitative estimate of drug-likeness (QED) is 0.678. The predicted molar refractivity (Wildman–Crippen MR) is 73.0 cm³/mol. The van der Waals surface area contributed by atoms with Crippen molar-refractivity contribution < 1.29 is 10.0 Å². The maximum atomic E-state index is 10.9. The molecule has 92 valence electrons. The molecule has 0 aliphatic carbocycles. The van der Waals surface area contributed by atoms with Crippen LogP contribution in [0.15, 0.2) is 56.7 Å². The fourth-order valence-electron chi connectivity index (χ4n) is 1.39. The average molecular weight is 326 g/mol. The van der Waals surface area contributed by atoms with Crippen LogP contribution in [0.3, 0.4) is 0 Å². The van der Waals surface area contributed by atoms with Crippen LogP contribution >= 0.6 is 27.7 Å². The molecule has 0 unspecified atom stereocenters. The summed E-state index contributed by atoms with van der Waals surface area (Å²) >= 11 is 4.53. The van der Waals surface area contributed by atoms with Crippen molar-refractivity contribution in [2.75, 3.05) is 0 Å². The van der Waals surface area contributed by atoms with Crippen LogP contribution in [-0.2, 0) is 0 Å². The second kappa shape index (κ2) is 5.41. The van der Waals surface area contributed by atoms with Crippen LogP contribution in [0.5, 0.6) is 5.75 Å². The molecule has 2 aromatic rings. The van der Waals surface area contributed by atoms with E-state index in [2.05, 4.69) is 15.9 Å². The van der Waals surface area contributed by atoms with Gasteiger partial charge in [0, 0.05) is 15.4 Å². The number of hydrogen-bond acceptors (Lipinski definition) is 4. The number of aromatic hydroxyl groups is 1. The van der Waals surface area contributed by atoms with Crippen molar-refractivity contribution in [1.82, 2.24) is 0 Å². The SMILES string of the molecule is O=[N+]([O-])c1ccc(Br)cc1Sc1cccc(O)c1. The highest BCUT2D eigenvalue weighted by Gasteiger charge is 2.15. The normalized spacial score (nSPS) is 10.3. The topological polar surface area (TPSA) is 63.4 Å². The Morgan fingerprint density at radius 3 is 2.67 bits per heavy atom. The summed E-state index contributed by atoms with van der Waals surface area (Å²) in [5.74, 6) is 0.137. The molecule has 0 aliphatic heterocycles. The van der Waals surface area contributed by atoms with E-state index >= 15 is 0 Å². The first-order chi connectivity index (χ1) is 8.56. The number of nitrogens with zero attached hydrogens (tertiary/aromatic N) is 1. The summed E-state index contributed by atoms with van der Waals surface area (Å²) in [6.45, 7) is 0. The van der Waals surface area contributed by atoms with Crippen LogP contribution in [-0.4, -0.2) is 10.0 Å². The van der Waals surface area contributed by atoms with Crippen molar-refractivity contribution in [1.29, 1.82) is 0 Å². The molecule has 0 aliphatic rings. The van der Waals surface area contributed by atoms with Crippen LogP contribution in [0.2, 0.25) is 0 Å². The number of hydrogen-bond donors (Lipinski definition) is 1. The first kappa shape index (κ1) is 12.9. The zero-order valence-electron chi connectivity index (χ0n) is 9.04. The molecular formula is C12H8BrNO3S. The van der Waals surface area contributed by atoms with Crippen LogP contribution in [0, 0.1) is 10.1 Å². The van der Waals surface area contributed by atoms with Gasteiger partial charge in [0.15, 0.2) is 0 Å². The molecule has 2 rings (SSSR count). The van der Waals surface area contributed by atoms with Crippen LogP contribution in [0.4, 0.5) is 5.69 Å². The molecule has 0 atom stereocenters. The Morgan fingerprint density at radius 1 is 1.22 bits per heavy atom. The Balaban J connectivity index is 2.39. The van der Waals surface area contributed by atoms with Gasteiger partial charge in [-0.05, 0) is 30.3 Å². The summed E-state index contributed by atoms with van der Waals surface area (Å²) in [7, 11) is 0. The summed E-state index contributed by atoms with van der Waals surface area (Å²) in [4.78, 5) is 11.8. The molecular weight excluding hydrogens is 318 g/mol. The van der Waals surface area contributed by atoms with E-state index in [9.17, 15) is 15.2 Å². The Morgan fingerprint density at radius 2 is 2.00 bits per heavy atom. The summed E-state index contributed by atoms with van der Waals surface area (Å²) in [6, 6.07) is 11.4. The van der Waals surface area contributed by atoms with Gasteiger partial charge in [-0.1, -0.05) is 33.8 Å². The lowest BCUT2D eigenvalue weighted by atomic mass is 10.3. The minimum atomic E-state index is -0.419. The minimum Gasteiger partial charge on any atom is -0.508 e. The summed E-state index contributed by atoms with van der Waals surface area (Å²) in [5, 5.41) is 20.3. The van der Waals surface area contributed by atoms with Gasteiger partial charge in [-0.15, -0.1) is 0 Å². The number of rotatable bonds is 3. The largest absolute Gasteiger partial charge is 0.508 e. The van der Waals surface area contributed by atoms with E-state index in [1.807, 2.05) is 0 Å². The lowest BCUT2D eigenvalue weighted by Gasteiger charge is -2.04. The lowest BCUT2D eigenvalue weighted by Crippen LogP contribution is -1.90. The van der Waals surface area contributed by atoms with E-state index in [1.54, 1.807) is 36.4 Å². The molecule has 0 aromatic heterocycles. The van der Waals surface area contributed by atoms with Crippen molar-refractivity contribution in [2.24, 2.45) is 0 Å². The standard InChI is InChI=1S/C12H8BrNO3S/c13-8-4-5-11(14(16)17)12(6-8)18-10-3-1-2-9(15)7-10/h1-7,15H. The van der Waals surface area contributed by atoms with Crippen LogP contribution in [0.25, 0.3) is 0 Å². The van der Waals surface area contributed by atoms with Gasteiger partial charge in [-0.3, -0.25) is 10.1 Å². The molecule has 2 aromatic carbocycles. The monoisotopic (exact) mass is 325 g/mol. The van der Waals surface area contributed by atoms with Gasteiger partial charge in [-0.2, -0.15) is 0 Å². The zero-order chi connectivity index (χ0) is 13.1. The Labute approximate surface area is 116 Å². The maximum absolute atomic E-state index is 10.9. The number of nitro groups is 1. The lowest BCUT2D eigenvalue weighted by molar-refractivity contribution is -0.387. The van der Waals surface area contributed by atoms with Gasteiger partial charge >= 0.3 is 0 Å². The number of phenols is 1. The molecule has 4 nitrogen and oxygen atoms in total. The van der Waals surface area contributed by atoms with Gasteiger partial charge in [0.05, 0.1) is 9.82 Å². The second-order valence-corrected chi connectivity index (χ2v) is 5.50. The molecule has 0 radical (unpaired) electrons. The van der Waals surface area contributed by atoms with Gasteiger partial charge in [0.25, 0.3) is 5.69 Å². The predicted octanol–water partition coefficient (Wildman–Crippen LogP) is 4.21. The smallest absolute Gasteiger partial charge is 0.283 e. The first-order valence-electron chi connectivity index (χ1n) is 4.97. The second-order valence-electron chi connectivity index (χ2n) is 3.47. The first-order valence-corrected chi connectivity index (χ1v) is 6.58. The third kappa shape index (κ3) is 3.02. The van der Waals surface area contributed by atoms with Gasteiger partial charge < -0.3 is 5.11 Å². The minimum absolute atomic E-state index is 0.0477. The zero-order valence-corrected chi connectivity index (χ0v) is 11.4. The molecule has 1 N–H and O–H groups in total. The van der Waals surface area contributed by atoms with Crippen molar-refractivity contribution in [3.8, 4) is 5.75 Å². The van der Waals surface area contributed by atoms with Gasteiger partial charge in [0.1, 0.15) is 5.75 Å². The van der Waals surface area contributed by atoms with Crippen molar-refractivity contribution in [3.63, 3.8) is 0 Å². The number of nitro benzene ring substituents is 1. The highest BCUT2D eigenvalue weighted by atomic mass is 79.9.